The number of esters is 1. The van der Waals surface area contributed by atoms with E-state index in [1.165, 1.54) is 12.1 Å². The van der Waals surface area contributed by atoms with Crippen LogP contribution in [0.4, 0.5) is 4.39 Å². The molecule has 1 aromatic heterocycles. The van der Waals surface area contributed by atoms with E-state index in [9.17, 15) is 9.18 Å². The summed E-state index contributed by atoms with van der Waals surface area (Å²) in [5, 5.41) is 0. The highest BCUT2D eigenvalue weighted by molar-refractivity contribution is 5.98. The van der Waals surface area contributed by atoms with Gasteiger partial charge in [-0.05, 0) is 42.2 Å². The second kappa shape index (κ2) is 7.13. The normalized spacial score (nSPS) is 10.6. The molecule has 3 aromatic rings. The van der Waals surface area contributed by atoms with Gasteiger partial charge in [0.25, 0.3) is 0 Å². The minimum Gasteiger partial charge on any atom is -0.462 e. The van der Waals surface area contributed by atoms with E-state index < -0.39 is 0 Å². The Kier molecular flexibility index (Phi) is 4.75. The van der Waals surface area contributed by atoms with Crippen LogP contribution in [0.15, 0.2) is 60.8 Å². The molecule has 0 amide bonds. The monoisotopic (exact) mass is 323 g/mol. The van der Waals surface area contributed by atoms with Crippen LogP contribution < -0.4 is 0 Å². The van der Waals surface area contributed by atoms with E-state index in [2.05, 4.69) is 4.98 Å². The van der Waals surface area contributed by atoms with Crippen LogP contribution in [-0.4, -0.2) is 17.6 Å². The summed E-state index contributed by atoms with van der Waals surface area (Å²) < 4.78 is 18.3. The summed E-state index contributed by atoms with van der Waals surface area (Å²) in [6.45, 7) is 2.10. The Balaban J connectivity index is 2.01. The first kappa shape index (κ1) is 16.0. The molecule has 0 unspecified atom stereocenters. The van der Waals surface area contributed by atoms with Crippen molar-refractivity contribution in [3.05, 3.63) is 83.3 Å². The van der Waals surface area contributed by atoms with Crippen LogP contribution in [0.2, 0.25) is 0 Å². The topological polar surface area (TPSA) is 42.1 Å². The predicted molar refractivity (Wildman–Crippen MR) is 91.4 cm³/mol. The number of rotatable bonds is 5. The van der Waals surface area contributed by atoms with Crippen molar-refractivity contribution in [3.63, 3.8) is 0 Å². The molecule has 0 aliphatic heterocycles. The summed E-state index contributed by atoms with van der Waals surface area (Å²) in [5.41, 5.74) is 3.96. The molecule has 0 saturated carbocycles. The van der Waals surface area contributed by atoms with E-state index in [1.807, 2.05) is 36.5 Å². The lowest BCUT2D eigenvalue weighted by Gasteiger charge is -2.08. The molecule has 0 aliphatic rings. The van der Waals surface area contributed by atoms with Crippen LogP contribution in [0, 0.1) is 5.82 Å². The zero-order chi connectivity index (χ0) is 16.9. The Morgan fingerprint density at radius 3 is 2.46 bits per heavy atom. The average molecular weight is 323 g/mol. The summed E-state index contributed by atoms with van der Waals surface area (Å²) >= 11 is 0. The fourth-order valence-corrected chi connectivity index (χ4v) is 2.69. The summed E-state index contributed by atoms with van der Waals surface area (Å²) in [4.78, 5) is 15.6. The highest BCUT2D eigenvalue weighted by Crippen LogP contribution is 2.28. The Morgan fingerprint density at radius 2 is 1.79 bits per heavy atom. The van der Waals surface area contributed by atoms with Gasteiger partial charge in [-0.3, -0.25) is 0 Å². The van der Waals surface area contributed by atoms with E-state index in [-0.39, 0.29) is 11.8 Å². The van der Waals surface area contributed by atoms with Gasteiger partial charge in [-0.1, -0.05) is 42.5 Å². The van der Waals surface area contributed by atoms with Gasteiger partial charge in [0.15, 0.2) is 0 Å². The number of ether oxygens (including phenoxy) is 1. The van der Waals surface area contributed by atoms with Crippen molar-refractivity contribution < 1.29 is 13.9 Å². The fraction of sp³-hybridized carbons (Fsp3) is 0.150. The highest BCUT2D eigenvalue weighted by Gasteiger charge is 2.21. The average Bonchev–Trinajstić information content (AvgIpc) is 3.01. The van der Waals surface area contributed by atoms with Crippen molar-refractivity contribution in [2.24, 2.45) is 0 Å². The van der Waals surface area contributed by atoms with Gasteiger partial charge in [-0.25, -0.2) is 9.18 Å². The SMILES string of the molecule is CCOC(=O)c1c(Cc2ccc(F)cc2)c[nH]c1-c1ccccc1. The number of aromatic amines is 1. The van der Waals surface area contributed by atoms with E-state index in [4.69, 9.17) is 4.74 Å². The first-order valence-corrected chi connectivity index (χ1v) is 7.86. The van der Waals surface area contributed by atoms with E-state index in [0.29, 0.717) is 18.6 Å². The molecule has 0 atom stereocenters. The molecular weight excluding hydrogens is 305 g/mol. The van der Waals surface area contributed by atoms with Crippen molar-refractivity contribution in [1.82, 2.24) is 4.98 Å². The number of carbonyl (C=O) groups is 1. The lowest BCUT2D eigenvalue weighted by atomic mass is 10.00. The number of carbonyl (C=O) groups excluding carboxylic acids is 1. The Bertz CT molecular complexity index is 823. The quantitative estimate of drug-likeness (QED) is 0.698. The van der Waals surface area contributed by atoms with Gasteiger partial charge in [0.2, 0.25) is 0 Å². The Labute approximate surface area is 140 Å². The minimum absolute atomic E-state index is 0.275. The van der Waals surface area contributed by atoms with Gasteiger partial charge >= 0.3 is 5.97 Å². The summed E-state index contributed by atoms with van der Waals surface area (Å²) in [7, 11) is 0. The zero-order valence-corrected chi connectivity index (χ0v) is 13.4. The van der Waals surface area contributed by atoms with Crippen molar-refractivity contribution in [2.75, 3.05) is 6.61 Å². The Hall–Kier alpha value is -2.88. The number of aromatic nitrogens is 1. The van der Waals surface area contributed by atoms with Gasteiger partial charge in [0.1, 0.15) is 5.82 Å². The second-order valence-electron chi connectivity index (χ2n) is 5.45. The molecule has 0 spiro atoms. The van der Waals surface area contributed by atoms with Crippen molar-refractivity contribution >= 4 is 5.97 Å². The van der Waals surface area contributed by atoms with E-state index in [1.54, 1.807) is 19.1 Å². The highest BCUT2D eigenvalue weighted by atomic mass is 19.1. The van der Waals surface area contributed by atoms with Crippen molar-refractivity contribution in [1.29, 1.82) is 0 Å². The maximum absolute atomic E-state index is 13.1. The molecule has 3 rings (SSSR count). The molecule has 24 heavy (non-hydrogen) atoms. The molecule has 0 bridgehead atoms. The smallest absolute Gasteiger partial charge is 0.340 e. The lowest BCUT2D eigenvalue weighted by molar-refractivity contribution is 0.0526. The first-order chi connectivity index (χ1) is 11.7. The summed E-state index contributed by atoms with van der Waals surface area (Å²) in [5.74, 6) is -0.627. The molecule has 1 N–H and O–H groups in total. The first-order valence-electron chi connectivity index (χ1n) is 7.86. The van der Waals surface area contributed by atoms with Crippen LogP contribution in [0.3, 0.4) is 0 Å². The zero-order valence-electron chi connectivity index (χ0n) is 13.4. The molecule has 122 valence electrons. The number of nitrogens with one attached hydrogen (secondary N) is 1. The molecule has 3 nitrogen and oxygen atoms in total. The second-order valence-corrected chi connectivity index (χ2v) is 5.45. The molecule has 0 fully saturated rings. The van der Waals surface area contributed by atoms with Gasteiger partial charge in [0, 0.05) is 6.20 Å². The maximum atomic E-state index is 13.1. The molecule has 1 heterocycles. The standard InChI is InChI=1S/C20H18FNO2/c1-2-24-20(23)18-16(12-14-8-10-17(21)11-9-14)13-22-19(18)15-6-4-3-5-7-15/h3-11,13,22H,2,12H2,1H3. The van der Waals surface area contributed by atoms with Crippen molar-refractivity contribution in [3.8, 4) is 11.3 Å². The van der Waals surface area contributed by atoms with Gasteiger partial charge < -0.3 is 9.72 Å². The van der Waals surface area contributed by atoms with Crippen LogP contribution in [0.5, 0.6) is 0 Å². The maximum Gasteiger partial charge on any atom is 0.340 e. The van der Waals surface area contributed by atoms with E-state index in [0.717, 1.165) is 22.4 Å². The van der Waals surface area contributed by atoms with Gasteiger partial charge in [-0.15, -0.1) is 0 Å². The number of hydrogen-bond acceptors (Lipinski definition) is 2. The minimum atomic E-state index is -0.352. The molecular formula is C20H18FNO2. The number of H-pyrrole nitrogens is 1. The number of hydrogen-bond donors (Lipinski definition) is 1. The Morgan fingerprint density at radius 1 is 1.08 bits per heavy atom. The summed E-state index contributed by atoms with van der Waals surface area (Å²) in [6.07, 6.45) is 2.34. The molecule has 2 aromatic carbocycles. The third kappa shape index (κ3) is 3.38. The van der Waals surface area contributed by atoms with Crippen LogP contribution in [-0.2, 0) is 11.2 Å². The molecule has 0 saturated heterocycles. The lowest BCUT2D eigenvalue weighted by Crippen LogP contribution is -2.08. The third-order valence-electron chi connectivity index (χ3n) is 3.81. The fourth-order valence-electron chi connectivity index (χ4n) is 2.69. The number of benzene rings is 2. The molecule has 0 aliphatic carbocycles. The van der Waals surface area contributed by atoms with Crippen molar-refractivity contribution in [2.45, 2.75) is 13.3 Å². The predicted octanol–water partition coefficient (Wildman–Crippen LogP) is 4.59. The third-order valence-corrected chi connectivity index (χ3v) is 3.81. The van der Waals surface area contributed by atoms with E-state index >= 15 is 0 Å². The molecule has 4 heteroatoms. The van der Waals surface area contributed by atoms with Crippen LogP contribution in [0.25, 0.3) is 11.3 Å². The van der Waals surface area contributed by atoms with Crippen LogP contribution >= 0.6 is 0 Å². The molecule has 0 radical (unpaired) electrons. The van der Waals surface area contributed by atoms with Gasteiger partial charge in [-0.2, -0.15) is 0 Å². The number of halogens is 1. The van der Waals surface area contributed by atoms with Gasteiger partial charge in [0.05, 0.1) is 17.9 Å². The largest absolute Gasteiger partial charge is 0.462 e. The summed E-state index contributed by atoms with van der Waals surface area (Å²) in [6, 6.07) is 15.9. The van der Waals surface area contributed by atoms with Crippen LogP contribution in [0.1, 0.15) is 28.4 Å².